The number of hydrogen-bond donors (Lipinski definition) is 1. The van der Waals surface area contributed by atoms with Crippen LogP contribution in [0.15, 0.2) is 18.2 Å². The van der Waals surface area contributed by atoms with E-state index in [4.69, 9.17) is 21.1 Å². The first-order valence-electron chi connectivity index (χ1n) is 6.54. The van der Waals surface area contributed by atoms with Crippen molar-refractivity contribution in [1.29, 1.82) is 0 Å². The zero-order chi connectivity index (χ0) is 12.4. The Morgan fingerprint density at radius 1 is 1.28 bits per heavy atom. The van der Waals surface area contributed by atoms with Gasteiger partial charge in [0.25, 0.3) is 0 Å². The quantitative estimate of drug-likeness (QED) is 0.893. The van der Waals surface area contributed by atoms with E-state index in [1.165, 1.54) is 5.56 Å². The molecule has 3 rings (SSSR count). The summed E-state index contributed by atoms with van der Waals surface area (Å²) in [5.74, 6) is 0.456. The van der Waals surface area contributed by atoms with Gasteiger partial charge in [-0.3, -0.25) is 0 Å². The third-order valence-electron chi connectivity index (χ3n) is 3.69. The van der Waals surface area contributed by atoms with Gasteiger partial charge in [0.15, 0.2) is 0 Å². The van der Waals surface area contributed by atoms with Crippen LogP contribution >= 0.6 is 11.6 Å². The molecular weight excluding hydrogens is 250 g/mol. The molecule has 2 aliphatic heterocycles. The highest BCUT2D eigenvalue weighted by molar-refractivity contribution is 6.31. The molecule has 3 nitrogen and oxygen atoms in total. The van der Waals surface area contributed by atoms with Crippen molar-refractivity contribution in [2.45, 2.75) is 18.4 Å². The van der Waals surface area contributed by atoms with Crippen molar-refractivity contribution >= 4 is 11.6 Å². The molecule has 0 bridgehead atoms. The highest BCUT2D eigenvalue weighted by atomic mass is 35.5. The molecule has 1 N–H and O–H groups in total. The monoisotopic (exact) mass is 267 g/mol. The van der Waals surface area contributed by atoms with Crippen molar-refractivity contribution in [3.63, 3.8) is 0 Å². The first-order chi connectivity index (χ1) is 8.84. The molecule has 2 aliphatic rings. The van der Waals surface area contributed by atoms with Crippen LogP contribution in [0, 0.1) is 0 Å². The fourth-order valence-electron chi connectivity index (χ4n) is 2.63. The Morgan fingerprint density at radius 2 is 2.22 bits per heavy atom. The lowest BCUT2D eigenvalue weighted by atomic mass is 9.96. The standard InChI is InChI=1S/C14H18ClNO2/c15-13-7-10(14-8-16-4-6-18-14)1-2-12(13)11-3-5-17-9-11/h1-2,7,11,14,16H,3-6,8-9H2. The van der Waals surface area contributed by atoms with Crippen LogP contribution in [-0.4, -0.2) is 32.9 Å². The van der Waals surface area contributed by atoms with E-state index in [1.54, 1.807) is 0 Å². The average Bonchev–Trinajstić information content (AvgIpc) is 2.93. The Bertz CT molecular complexity index is 412. The van der Waals surface area contributed by atoms with E-state index in [0.29, 0.717) is 5.92 Å². The molecule has 0 aliphatic carbocycles. The van der Waals surface area contributed by atoms with E-state index in [9.17, 15) is 0 Å². The Labute approximate surface area is 112 Å². The molecule has 0 amide bonds. The van der Waals surface area contributed by atoms with Gasteiger partial charge in [0.05, 0.1) is 19.3 Å². The molecule has 0 spiro atoms. The topological polar surface area (TPSA) is 30.5 Å². The maximum absolute atomic E-state index is 6.40. The molecule has 0 aromatic heterocycles. The Kier molecular flexibility index (Phi) is 3.85. The first kappa shape index (κ1) is 12.4. The summed E-state index contributed by atoms with van der Waals surface area (Å²) in [6.45, 7) is 4.20. The van der Waals surface area contributed by atoms with Crippen LogP contribution in [0.25, 0.3) is 0 Å². The first-order valence-corrected chi connectivity index (χ1v) is 6.92. The van der Waals surface area contributed by atoms with Gasteiger partial charge in [0.2, 0.25) is 0 Å². The summed E-state index contributed by atoms with van der Waals surface area (Å²) < 4.78 is 11.2. The van der Waals surface area contributed by atoms with E-state index >= 15 is 0 Å². The van der Waals surface area contributed by atoms with Crippen molar-refractivity contribution in [3.8, 4) is 0 Å². The van der Waals surface area contributed by atoms with Gasteiger partial charge in [-0.1, -0.05) is 23.7 Å². The number of hydrogen-bond acceptors (Lipinski definition) is 3. The summed E-state index contributed by atoms with van der Waals surface area (Å²) in [6.07, 6.45) is 1.20. The molecule has 2 fully saturated rings. The minimum atomic E-state index is 0.130. The van der Waals surface area contributed by atoms with Crippen LogP contribution in [-0.2, 0) is 9.47 Å². The maximum atomic E-state index is 6.40. The molecule has 4 heteroatoms. The largest absolute Gasteiger partial charge is 0.381 e. The molecule has 1 aromatic rings. The molecule has 0 saturated carbocycles. The minimum Gasteiger partial charge on any atom is -0.381 e. The van der Waals surface area contributed by atoms with E-state index in [-0.39, 0.29) is 6.10 Å². The molecular formula is C14H18ClNO2. The summed E-state index contributed by atoms with van der Waals surface area (Å²) in [5, 5.41) is 4.18. The van der Waals surface area contributed by atoms with E-state index < -0.39 is 0 Å². The van der Waals surface area contributed by atoms with E-state index in [1.807, 2.05) is 6.07 Å². The van der Waals surface area contributed by atoms with Gasteiger partial charge in [0.1, 0.15) is 0 Å². The molecule has 2 heterocycles. The van der Waals surface area contributed by atoms with Crippen molar-refractivity contribution in [3.05, 3.63) is 34.3 Å². The van der Waals surface area contributed by atoms with Gasteiger partial charge >= 0.3 is 0 Å². The van der Waals surface area contributed by atoms with Gasteiger partial charge in [0, 0.05) is 30.6 Å². The number of benzene rings is 1. The van der Waals surface area contributed by atoms with Crippen molar-refractivity contribution < 1.29 is 9.47 Å². The van der Waals surface area contributed by atoms with Crippen molar-refractivity contribution in [2.24, 2.45) is 0 Å². The van der Waals surface area contributed by atoms with Gasteiger partial charge < -0.3 is 14.8 Å². The number of halogens is 1. The van der Waals surface area contributed by atoms with E-state index in [0.717, 1.165) is 49.9 Å². The molecule has 2 unspecified atom stereocenters. The maximum Gasteiger partial charge on any atom is 0.0950 e. The predicted molar refractivity (Wildman–Crippen MR) is 71.2 cm³/mol. The van der Waals surface area contributed by atoms with Crippen LogP contribution in [0.5, 0.6) is 0 Å². The third-order valence-corrected chi connectivity index (χ3v) is 4.02. The summed E-state index contributed by atoms with van der Waals surface area (Å²) in [7, 11) is 0. The molecule has 2 saturated heterocycles. The summed E-state index contributed by atoms with van der Waals surface area (Å²) in [6, 6.07) is 6.32. The van der Waals surface area contributed by atoms with Crippen molar-refractivity contribution in [2.75, 3.05) is 32.9 Å². The zero-order valence-corrected chi connectivity index (χ0v) is 11.1. The van der Waals surface area contributed by atoms with Gasteiger partial charge in [-0.25, -0.2) is 0 Å². The van der Waals surface area contributed by atoms with Crippen molar-refractivity contribution in [1.82, 2.24) is 5.32 Å². The second-order valence-electron chi connectivity index (χ2n) is 4.91. The Morgan fingerprint density at radius 3 is 2.89 bits per heavy atom. The lowest BCUT2D eigenvalue weighted by molar-refractivity contribution is 0.0277. The van der Waals surface area contributed by atoms with Gasteiger partial charge in [-0.2, -0.15) is 0 Å². The summed E-state index contributed by atoms with van der Waals surface area (Å²) in [4.78, 5) is 0. The normalized spacial score (nSPS) is 28.5. The third kappa shape index (κ3) is 2.54. The van der Waals surface area contributed by atoms with Crippen LogP contribution in [0.4, 0.5) is 0 Å². The van der Waals surface area contributed by atoms with Crippen LogP contribution < -0.4 is 5.32 Å². The van der Waals surface area contributed by atoms with Gasteiger partial charge in [-0.05, 0) is 23.6 Å². The molecule has 18 heavy (non-hydrogen) atoms. The predicted octanol–water partition coefficient (Wildman–Crippen LogP) is 2.50. The second kappa shape index (κ2) is 5.57. The number of ether oxygens (including phenoxy) is 2. The van der Waals surface area contributed by atoms with E-state index in [2.05, 4.69) is 17.4 Å². The second-order valence-corrected chi connectivity index (χ2v) is 5.31. The van der Waals surface area contributed by atoms with Crippen LogP contribution in [0.1, 0.15) is 29.6 Å². The summed E-state index contributed by atoms with van der Waals surface area (Å²) >= 11 is 6.40. The van der Waals surface area contributed by atoms with Crippen LogP contribution in [0.3, 0.4) is 0 Å². The lowest BCUT2D eigenvalue weighted by Gasteiger charge is -2.24. The highest BCUT2D eigenvalue weighted by Crippen LogP contribution is 2.33. The fraction of sp³-hybridized carbons (Fsp3) is 0.571. The molecule has 2 atom stereocenters. The Hall–Kier alpha value is -0.610. The molecule has 98 valence electrons. The number of morpholine rings is 1. The average molecular weight is 268 g/mol. The zero-order valence-electron chi connectivity index (χ0n) is 10.3. The van der Waals surface area contributed by atoms with Gasteiger partial charge in [-0.15, -0.1) is 0 Å². The number of nitrogens with one attached hydrogen (secondary N) is 1. The highest BCUT2D eigenvalue weighted by Gasteiger charge is 2.22. The smallest absolute Gasteiger partial charge is 0.0950 e. The Balaban J connectivity index is 1.79. The van der Waals surface area contributed by atoms with Crippen LogP contribution in [0.2, 0.25) is 5.02 Å². The molecule has 1 aromatic carbocycles. The summed E-state index contributed by atoms with van der Waals surface area (Å²) in [5.41, 5.74) is 2.37. The minimum absolute atomic E-state index is 0.130. The lowest BCUT2D eigenvalue weighted by Crippen LogP contribution is -2.33. The SMILES string of the molecule is Clc1cc(C2CNCCO2)ccc1C1CCOC1. The fourth-order valence-corrected chi connectivity index (χ4v) is 2.98. The number of rotatable bonds is 2. The molecule has 0 radical (unpaired) electrons.